The van der Waals surface area contributed by atoms with Crippen molar-refractivity contribution in [2.24, 2.45) is 0 Å². The zero-order chi connectivity index (χ0) is 21.4. The first-order chi connectivity index (χ1) is 15.1. The lowest BCUT2D eigenvalue weighted by molar-refractivity contribution is -0.116. The average molecular weight is 415 g/mol. The molecule has 1 aliphatic heterocycles. The molecule has 5 rings (SSSR count). The summed E-state index contributed by atoms with van der Waals surface area (Å²) in [6, 6.07) is 15.0. The van der Waals surface area contributed by atoms with Gasteiger partial charge in [-0.1, -0.05) is 0 Å². The summed E-state index contributed by atoms with van der Waals surface area (Å²) >= 11 is 0. The highest BCUT2D eigenvalue weighted by molar-refractivity contribution is 6.06. The minimum atomic E-state index is -0.347. The third kappa shape index (κ3) is 3.59. The summed E-state index contributed by atoms with van der Waals surface area (Å²) in [6.07, 6.45) is 6.17. The van der Waals surface area contributed by atoms with Gasteiger partial charge >= 0.3 is 0 Å². The molecule has 2 aromatic heterocycles. The first-order valence-electron chi connectivity index (χ1n) is 9.80. The Morgan fingerprint density at radius 2 is 1.84 bits per heavy atom. The van der Waals surface area contributed by atoms with Gasteiger partial charge < -0.3 is 15.2 Å². The first kappa shape index (κ1) is 18.8. The number of hydrogen-bond acceptors (Lipinski definition) is 3. The monoisotopic (exact) mass is 415 g/mol. The Balaban J connectivity index is 1.49. The van der Waals surface area contributed by atoms with Crippen molar-refractivity contribution in [2.75, 3.05) is 10.6 Å². The Morgan fingerprint density at radius 3 is 2.61 bits per heavy atom. The zero-order valence-corrected chi connectivity index (χ0v) is 16.4. The van der Waals surface area contributed by atoms with Gasteiger partial charge in [-0.25, -0.2) is 9.07 Å². The van der Waals surface area contributed by atoms with Crippen LogP contribution in [0.25, 0.3) is 11.5 Å². The van der Waals surface area contributed by atoms with Crippen LogP contribution in [0.1, 0.15) is 22.3 Å². The van der Waals surface area contributed by atoms with Gasteiger partial charge in [-0.3, -0.25) is 9.59 Å². The molecule has 31 heavy (non-hydrogen) atoms. The predicted octanol–water partition coefficient (Wildman–Crippen LogP) is 3.94. The average Bonchev–Trinajstić information content (AvgIpc) is 3.44. The minimum Gasteiger partial charge on any atom is -0.326 e. The Kier molecular flexibility index (Phi) is 4.59. The van der Waals surface area contributed by atoms with E-state index in [2.05, 4.69) is 15.7 Å². The Hall–Kier alpha value is -4.20. The summed E-state index contributed by atoms with van der Waals surface area (Å²) in [5.41, 5.74) is 3.38. The van der Waals surface area contributed by atoms with Crippen LogP contribution in [-0.4, -0.2) is 26.2 Å². The third-order valence-corrected chi connectivity index (χ3v) is 5.17. The van der Waals surface area contributed by atoms with Crippen LogP contribution in [0.5, 0.6) is 0 Å². The number of carbonyl (C=O) groups excluding carboxylic acids is 2. The fraction of sp³-hybridized carbons (Fsp3) is 0.0870. The molecule has 2 aromatic carbocycles. The molecule has 154 valence electrons. The second-order valence-electron chi connectivity index (χ2n) is 7.23. The quantitative estimate of drug-likeness (QED) is 0.530. The summed E-state index contributed by atoms with van der Waals surface area (Å²) in [7, 11) is 0. The Labute approximate surface area is 177 Å². The van der Waals surface area contributed by atoms with Crippen LogP contribution in [-0.2, 0) is 11.2 Å². The molecule has 0 saturated carbocycles. The van der Waals surface area contributed by atoms with Crippen LogP contribution in [0, 0.1) is 5.82 Å². The molecule has 0 saturated heterocycles. The molecule has 0 unspecified atom stereocenters. The van der Waals surface area contributed by atoms with Crippen LogP contribution < -0.4 is 10.6 Å². The van der Waals surface area contributed by atoms with Crippen molar-refractivity contribution >= 4 is 23.2 Å². The maximum absolute atomic E-state index is 13.4. The van der Waals surface area contributed by atoms with Gasteiger partial charge in [-0.15, -0.1) is 0 Å². The number of fused-ring (bicyclic) bond motifs is 1. The summed E-state index contributed by atoms with van der Waals surface area (Å²) in [5, 5.41) is 10.1. The van der Waals surface area contributed by atoms with Crippen LogP contribution in [0.4, 0.5) is 15.8 Å². The highest BCUT2D eigenvalue weighted by atomic mass is 19.1. The van der Waals surface area contributed by atoms with E-state index < -0.39 is 0 Å². The number of aromatic nitrogens is 3. The van der Waals surface area contributed by atoms with Crippen molar-refractivity contribution in [1.82, 2.24) is 14.3 Å². The van der Waals surface area contributed by atoms with Gasteiger partial charge in [-0.05, 0) is 66.6 Å². The van der Waals surface area contributed by atoms with E-state index in [4.69, 9.17) is 0 Å². The van der Waals surface area contributed by atoms with E-state index in [1.807, 2.05) is 30.6 Å². The molecule has 0 aliphatic carbocycles. The van der Waals surface area contributed by atoms with Crippen molar-refractivity contribution in [3.63, 3.8) is 0 Å². The van der Waals surface area contributed by atoms with Crippen LogP contribution in [0.15, 0.2) is 73.2 Å². The molecular weight excluding hydrogens is 397 g/mol. The van der Waals surface area contributed by atoms with E-state index >= 15 is 0 Å². The topological polar surface area (TPSA) is 81.0 Å². The molecule has 4 aromatic rings. The molecular formula is C23H18FN5O2. The third-order valence-electron chi connectivity index (χ3n) is 5.17. The maximum atomic E-state index is 13.4. The molecule has 0 fully saturated rings. The second kappa shape index (κ2) is 7.56. The van der Waals surface area contributed by atoms with E-state index in [0.717, 1.165) is 11.3 Å². The lowest BCUT2D eigenvalue weighted by Crippen LogP contribution is -2.19. The van der Waals surface area contributed by atoms with Gasteiger partial charge in [0.15, 0.2) is 5.82 Å². The number of nitrogens with zero attached hydrogens (tertiary/aromatic N) is 3. The number of benzene rings is 2. The molecule has 2 amide bonds. The molecule has 0 bridgehead atoms. The normalized spacial score (nSPS) is 12.9. The number of amides is 2. The molecule has 3 heterocycles. The highest BCUT2D eigenvalue weighted by Crippen LogP contribution is 2.27. The van der Waals surface area contributed by atoms with Crippen molar-refractivity contribution in [3.05, 3.63) is 90.1 Å². The molecule has 8 heteroatoms. The number of carbonyl (C=O) groups is 2. The minimum absolute atomic E-state index is 0.00569. The lowest BCUT2D eigenvalue weighted by atomic mass is 10.0. The van der Waals surface area contributed by atoms with Crippen molar-refractivity contribution < 1.29 is 14.0 Å². The number of anilines is 2. The van der Waals surface area contributed by atoms with Crippen LogP contribution in [0.2, 0.25) is 0 Å². The van der Waals surface area contributed by atoms with Gasteiger partial charge in [-0.2, -0.15) is 5.10 Å². The van der Waals surface area contributed by atoms with Crippen LogP contribution in [0.3, 0.4) is 0 Å². The van der Waals surface area contributed by atoms with Gasteiger partial charge in [0.2, 0.25) is 5.91 Å². The number of nitrogens with one attached hydrogen (secondary N) is 2. The molecule has 7 nitrogen and oxygen atoms in total. The fourth-order valence-electron chi connectivity index (χ4n) is 3.66. The van der Waals surface area contributed by atoms with Crippen LogP contribution >= 0.6 is 0 Å². The van der Waals surface area contributed by atoms with E-state index in [1.165, 1.54) is 18.3 Å². The van der Waals surface area contributed by atoms with Crippen molar-refractivity contribution in [2.45, 2.75) is 12.8 Å². The molecule has 0 atom stereocenters. The highest BCUT2D eigenvalue weighted by Gasteiger charge is 2.21. The Morgan fingerprint density at radius 1 is 1.06 bits per heavy atom. The van der Waals surface area contributed by atoms with Gasteiger partial charge in [0, 0.05) is 30.2 Å². The SMILES string of the molecule is O=C1CCc2cc(NC(=O)c3cnn(-c4ccc(F)cc4)c3-n3cccc3)ccc2N1. The Bertz CT molecular complexity index is 1280. The smallest absolute Gasteiger partial charge is 0.261 e. The van der Waals surface area contributed by atoms with E-state index in [0.29, 0.717) is 35.6 Å². The molecule has 1 aliphatic rings. The lowest BCUT2D eigenvalue weighted by Gasteiger charge is -2.18. The summed E-state index contributed by atoms with van der Waals surface area (Å²) in [5.74, 6) is -0.134. The maximum Gasteiger partial charge on any atom is 0.261 e. The summed E-state index contributed by atoms with van der Waals surface area (Å²) in [6.45, 7) is 0. The fourth-order valence-corrected chi connectivity index (χ4v) is 3.66. The van der Waals surface area contributed by atoms with Crippen molar-refractivity contribution in [3.8, 4) is 11.5 Å². The number of hydrogen-bond donors (Lipinski definition) is 2. The molecule has 2 N–H and O–H groups in total. The van der Waals surface area contributed by atoms with Gasteiger partial charge in [0.25, 0.3) is 5.91 Å². The van der Waals surface area contributed by atoms with Gasteiger partial charge in [0.05, 0.1) is 11.9 Å². The zero-order valence-electron chi connectivity index (χ0n) is 16.4. The van der Waals surface area contributed by atoms with E-state index in [1.54, 1.807) is 33.5 Å². The van der Waals surface area contributed by atoms with Crippen molar-refractivity contribution in [1.29, 1.82) is 0 Å². The summed E-state index contributed by atoms with van der Waals surface area (Å²) in [4.78, 5) is 24.7. The van der Waals surface area contributed by atoms with E-state index in [9.17, 15) is 14.0 Å². The predicted molar refractivity (Wildman–Crippen MR) is 114 cm³/mol. The number of aryl methyl sites for hydroxylation is 1. The van der Waals surface area contributed by atoms with Gasteiger partial charge in [0.1, 0.15) is 11.4 Å². The van der Waals surface area contributed by atoms with E-state index in [-0.39, 0.29) is 17.6 Å². The first-order valence-corrected chi connectivity index (χ1v) is 9.80. The molecule has 0 spiro atoms. The summed E-state index contributed by atoms with van der Waals surface area (Å²) < 4.78 is 16.8. The second-order valence-corrected chi connectivity index (χ2v) is 7.23. The number of rotatable bonds is 4. The standard InChI is InChI=1S/C23H18FN5O2/c24-16-4-7-18(8-5-16)29-23(28-11-1-2-12-28)19(14-25-29)22(31)26-17-6-9-20-15(13-17)3-10-21(30)27-20/h1-2,4-9,11-14H,3,10H2,(H,26,31)(H,27,30). The molecule has 0 radical (unpaired) electrons. The largest absolute Gasteiger partial charge is 0.326 e. The number of halogens is 1.